The zero-order valence-corrected chi connectivity index (χ0v) is 16.6. The molecule has 162 valence electrons. The van der Waals surface area contributed by atoms with Gasteiger partial charge in [-0.1, -0.05) is 6.07 Å². The van der Waals surface area contributed by atoms with Crippen molar-refractivity contribution in [3.8, 4) is 11.5 Å². The number of halogens is 3. The SMILES string of the molecule is COc1ccc(C=CC(=O)NCCn2nc(C(F)(F)F)c3c2CCOC3)cc1OC. The number of benzene rings is 1. The highest BCUT2D eigenvalue weighted by Gasteiger charge is 2.39. The molecule has 1 aromatic carbocycles. The topological polar surface area (TPSA) is 74.6 Å². The van der Waals surface area contributed by atoms with Crippen LogP contribution in [0.3, 0.4) is 0 Å². The van der Waals surface area contributed by atoms with Gasteiger partial charge in [0, 0.05) is 30.3 Å². The minimum absolute atomic E-state index is 0.0772. The van der Waals surface area contributed by atoms with Crippen LogP contribution >= 0.6 is 0 Å². The van der Waals surface area contributed by atoms with Crippen LogP contribution in [0, 0.1) is 0 Å². The van der Waals surface area contributed by atoms with Gasteiger partial charge in [-0.25, -0.2) is 0 Å². The van der Waals surface area contributed by atoms with E-state index in [0.717, 1.165) is 5.56 Å². The number of methoxy groups -OCH3 is 2. The zero-order valence-electron chi connectivity index (χ0n) is 16.6. The highest BCUT2D eigenvalue weighted by atomic mass is 19.4. The summed E-state index contributed by atoms with van der Waals surface area (Å²) >= 11 is 0. The number of hydrogen-bond donors (Lipinski definition) is 1. The second-order valence-electron chi connectivity index (χ2n) is 6.54. The summed E-state index contributed by atoms with van der Waals surface area (Å²) in [6, 6.07) is 5.21. The van der Waals surface area contributed by atoms with Crippen LogP contribution in [0.5, 0.6) is 11.5 Å². The molecule has 0 fully saturated rings. The fourth-order valence-electron chi connectivity index (χ4n) is 3.19. The van der Waals surface area contributed by atoms with Gasteiger partial charge in [-0.15, -0.1) is 0 Å². The minimum atomic E-state index is -4.54. The third kappa shape index (κ3) is 4.93. The van der Waals surface area contributed by atoms with Crippen LogP contribution in [-0.4, -0.2) is 43.1 Å². The lowest BCUT2D eigenvalue weighted by molar-refractivity contribution is -0.142. The molecule has 3 rings (SSSR count). The van der Waals surface area contributed by atoms with Crippen molar-refractivity contribution in [3.05, 3.63) is 46.8 Å². The maximum atomic E-state index is 13.2. The molecule has 2 aromatic rings. The number of carbonyl (C=O) groups excluding carboxylic acids is 1. The Morgan fingerprint density at radius 1 is 1.30 bits per heavy atom. The monoisotopic (exact) mass is 425 g/mol. The number of nitrogens with zero attached hydrogens (tertiary/aromatic N) is 2. The summed E-state index contributed by atoms with van der Waals surface area (Å²) in [4.78, 5) is 12.1. The Hall–Kier alpha value is -3.01. The quantitative estimate of drug-likeness (QED) is 0.691. The summed E-state index contributed by atoms with van der Waals surface area (Å²) < 4.78 is 56.3. The number of amides is 1. The summed E-state index contributed by atoms with van der Waals surface area (Å²) in [6.07, 6.45) is -1.24. The standard InChI is InChI=1S/C20H22F3N3O4/c1-28-16-5-3-13(11-17(16)29-2)4-6-18(27)24-8-9-26-15-7-10-30-12-14(15)19(25-26)20(21,22)23/h3-6,11H,7-10,12H2,1-2H3,(H,24,27). The Morgan fingerprint density at radius 2 is 2.07 bits per heavy atom. The van der Waals surface area contributed by atoms with Crippen molar-refractivity contribution < 1.29 is 32.2 Å². The third-order valence-electron chi connectivity index (χ3n) is 4.62. The van der Waals surface area contributed by atoms with Crippen molar-refractivity contribution in [2.45, 2.75) is 25.7 Å². The Balaban J connectivity index is 1.60. The first-order valence-corrected chi connectivity index (χ1v) is 9.25. The summed E-state index contributed by atoms with van der Waals surface area (Å²) in [6.45, 7) is 0.511. The number of alkyl halides is 3. The average molecular weight is 425 g/mol. The summed E-state index contributed by atoms with van der Waals surface area (Å²) in [5.41, 5.74) is 0.396. The number of aromatic nitrogens is 2. The zero-order chi connectivity index (χ0) is 21.7. The van der Waals surface area contributed by atoms with Gasteiger partial charge >= 0.3 is 6.18 Å². The van der Waals surface area contributed by atoms with Crippen LogP contribution in [0.1, 0.15) is 22.5 Å². The second kappa shape index (κ2) is 9.21. The van der Waals surface area contributed by atoms with Gasteiger partial charge in [0.2, 0.25) is 5.91 Å². The van der Waals surface area contributed by atoms with E-state index in [9.17, 15) is 18.0 Å². The van der Waals surface area contributed by atoms with Crippen molar-refractivity contribution in [2.75, 3.05) is 27.4 Å². The van der Waals surface area contributed by atoms with E-state index >= 15 is 0 Å². The molecule has 1 aliphatic rings. The minimum Gasteiger partial charge on any atom is -0.493 e. The molecular weight excluding hydrogens is 403 g/mol. The normalized spacial score (nSPS) is 13.9. The van der Waals surface area contributed by atoms with E-state index in [1.807, 2.05) is 0 Å². The molecule has 7 nitrogen and oxygen atoms in total. The first-order valence-electron chi connectivity index (χ1n) is 9.25. The molecule has 2 heterocycles. The van der Waals surface area contributed by atoms with E-state index < -0.39 is 11.9 Å². The van der Waals surface area contributed by atoms with E-state index in [4.69, 9.17) is 14.2 Å². The molecule has 1 N–H and O–H groups in total. The van der Waals surface area contributed by atoms with Gasteiger partial charge in [-0.05, 0) is 23.8 Å². The van der Waals surface area contributed by atoms with E-state index in [1.165, 1.54) is 25.0 Å². The number of nitrogens with one attached hydrogen (secondary N) is 1. The maximum Gasteiger partial charge on any atom is 0.435 e. The molecule has 30 heavy (non-hydrogen) atoms. The first kappa shape index (κ1) is 21.7. The number of ether oxygens (including phenoxy) is 3. The molecular formula is C20H22F3N3O4. The number of fused-ring (bicyclic) bond motifs is 1. The van der Waals surface area contributed by atoms with Crippen molar-refractivity contribution >= 4 is 12.0 Å². The van der Waals surface area contributed by atoms with Crippen LogP contribution in [0.25, 0.3) is 6.08 Å². The maximum absolute atomic E-state index is 13.2. The molecule has 0 unspecified atom stereocenters. The van der Waals surface area contributed by atoms with Gasteiger partial charge < -0.3 is 19.5 Å². The smallest absolute Gasteiger partial charge is 0.435 e. The fourth-order valence-corrected chi connectivity index (χ4v) is 3.19. The molecule has 0 atom stereocenters. The molecule has 0 bridgehead atoms. The van der Waals surface area contributed by atoms with E-state index in [2.05, 4.69) is 10.4 Å². The van der Waals surface area contributed by atoms with Crippen LogP contribution in [0.2, 0.25) is 0 Å². The number of rotatable bonds is 7. The lowest BCUT2D eigenvalue weighted by Crippen LogP contribution is -2.27. The Kier molecular flexibility index (Phi) is 6.66. The number of carbonyl (C=O) groups is 1. The Bertz CT molecular complexity index is 938. The predicted molar refractivity (Wildman–Crippen MR) is 102 cm³/mol. The summed E-state index contributed by atoms with van der Waals surface area (Å²) in [7, 11) is 3.05. The Morgan fingerprint density at radius 3 is 2.77 bits per heavy atom. The van der Waals surface area contributed by atoms with Gasteiger partial charge in [0.15, 0.2) is 17.2 Å². The van der Waals surface area contributed by atoms with Crippen molar-refractivity contribution in [2.24, 2.45) is 0 Å². The average Bonchev–Trinajstić information content (AvgIpc) is 3.11. The van der Waals surface area contributed by atoms with E-state index in [0.29, 0.717) is 30.2 Å². The summed E-state index contributed by atoms with van der Waals surface area (Å²) in [5, 5.41) is 6.36. The molecule has 0 saturated heterocycles. The number of hydrogen-bond acceptors (Lipinski definition) is 5. The van der Waals surface area contributed by atoms with Crippen LogP contribution < -0.4 is 14.8 Å². The molecule has 0 saturated carbocycles. The van der Waals surface area contributed by atoms with E-state index in [-0.39, 0.29) is 31.2 Å². The van der Waals surface area contributed by atoms with Crippen LogP contribution in [-0.2, 0) is 35.3 Å². The summed E-state index contributed by atoms with van der Waals surface area (Å²) in [5.74, 6) is 0.739. The third-order valence-corrected chi connectivity index (χ3v) is 4.62. The van der Waals surface area contributed by atoms with E-state index in [1.54, 1.807) is 24.3 Å². The molecule has 10 heteroatoms. The lowest BCUT2D eigenvalue weighted by Gasteiger charge is -2.15. The molecule has 1 amide bonds. The van der Waals surface area contributed by atoms with Crippen molar-refractivity contribution in [3.63, 3.8) is 0 Å². The largest absolute Gasteiger partial charge is 0.493 e. The van der Waals surface area contributed by atoms with Crippen LogP contribution in [0.15, 0.2) is 24.3 Å². The highest BCUT2D eigenvalue weighted by Crippen LogP contribution is 2.34. The second-order valence-corrected chi connectivity index (χ2v) is 6.54. The molecule has 1 aliphatic heterocycles. The van der Waals surface area contributed by atoms with Gasteiger partial charge in [-0.2, -0.15) is 18.3 Å². The lowest BCUT2D eigenvalue weighted by atomic mass is 10.1. The Labute approximate surface area is 171 Å². The fraction of sp³-hybridized carbons (Fsp3) is 0.400. The predicted octanol–water partition coefficient (Wildman–Crippen LogP) is 2.82. The van der Waals surface area contributed by atoms with Gasteiger partial charge in [0.25, 0.3) is 0 Å². The van der Waals surface area contributed by atoms with Crippen molar-refractivity contribution in [1.29, 1.82) is 0 Å². The van der Waals surface area contributed by atoms with Crippen molar-refractivity contribution in [1.82, 2.24) is 15.1 Å². The molecule has 0 aliphatic carbocycles. The first-order chi connectivity index (χ1) is 14.3. The molecule has 0 radical (unpaired) electrons. The molecule has 1 aromatic heterocycles. The van der Waals surface area contributed by atoms with Gasteiger partial charge in [0.1, 0.15) is 0 Å². The highest BCUT2D eigenvalue weighted by molar-refractivity contribution is 5.91. The van der Waals surface area contributed by atoms with Gasteiger partial charge in [0.05, 0.1) is 34.0 Å². The van der Waals surface area contributed by atoms with Gasteiger partial charge in [-0.3, -0.25) is 9.48 Å². The molecule has 0 spiro atoms. The van der Waals surface area contributed by atoms with Crippen LogP contribution in [0.4, 0.5) is 13.2 Å².